The molecule has 1 aliphatic rings. The van der Waals surface area contributed by atoms with Crippen LogP contribution < -0.4 is 10.1 Å². The van der Waals surface area contributed by atoms with Gasteiger partial charge >= 0.3 is 0 Å². The zero-order chi connectivity index (χ0) is 25.7. The summed E-state index contributed by atoms with van der Waals surface area (Å²) in [5.74, 6) is -2.59. The number of ether oxygens (including phenoxy) is 1. The SMILES string of the molecule is O=C(Nc1ccn(C[C@@H](O)CO)n1)[C@H](CC1CCCCC1)n1cc(Oc2c(F)cccc2F)cc1O. The molecule has 2 atom stereocenters. The lowest BCUT2D eigenvalue weighted by atomic mass is 9.84. The molecule has 9 nitrogen and oxygen atoms in total. The lowest BCUT2D eigenvalue weighted by Crippen LogP contribution is -2.28. The average Bonchev–Trinajstić information content (AvgIpc) is 3.45. The summed E-state index contributed by atoms with van der Waals surface area (Å²) in [5, 5.41) is 36.2. The van der Waals surface area contributed by atoms with E-state index >= 15 is 0 Å². The van der Waals surface area contributed by atoms with Gasteiger partial charge in [0.2, 0.25) is 5.91 Å². The number of para-hydroxylation sites is 1. The summed E-state index contributed by atoms with van der Waals surface area (Å²) in [6.07, 6.45) is 7.58. The van der Waals surface area contributed by atoms with Crippen molar-refractivity contribution in [2.75, 3.05) is 11.9 Å². The number of benzene rings is 1. The Kier molecular flexibility index (Phi) is 8.21. The van der Waals surface area contributed by atoms with Crippen LogP contribution in [0.4, 0.5) is 14.6 Å². The quantitative estimate of drug-likeness (QED) is 0.332. The second kappa shape index (κ2) is 11.5. The summed E-state index contributed by atoms with van der Waals surface area (Å²) >= 11 is 0. The molecule has 4 N–H and O–H groups in total. The number of anilines is 1. The van der Waals surface area contributed by atoms with Crippen molar-refractivity contribution in [1.82, 2.24) is 14.3 Å². The van der Waals surface area contributed by atoms with Crippen LogP contribution in [0.25, 0.3) is 0 Å². The fraction of sp³-hybridized carbons (Fsp3) is 0.440. The summed E-state index contributed by atoms with van der Waals surface area (Å²) < 4.78 is 36.2. The largest absolute Gasteiger partial charge is 0.494 e. The molecule has 0 unspecified atom stereocenters. The lowest BCUT2D eigenvalue weighted by Gasteiger charge is -2.27. The van der Waals surface area contributed by atoms with Gasteiger partial charge < -0.3 is 29.9 Å². The molecule has 1 aliphatic carbocycles. The molecule has 1 amide bonds. The Hall–Kier alpha value is -3.44. The van der Waals surface area contributed by atoms with E-state index < -0.39 is 42.0 Å². The van der Waals surface area contributed by atoms with E-state index in [4.69, 9.17) is 9.84 Å². The van der Waals surface area contributed by atoms with E-state index in [1.54, 1.807) is 12.3 Å². The molecular formula is C25H30F2N4O5. The first-order chi connectivity index (χ1) is 17.3. The van der Waals surface area contributed by atoms with Crippen LogP contribution in [0.5, 0.6) is 17.4 Å². The minimum absolute atomic E-state index is 0.0137. The maximum atomic E-state index is 14.0. The molecule has 2 heterocycles. The number of halogens is 2. The van der Waals surface area contributed by atoms with Gasteiger partial charge in [-0.15, -0.1) is 0 Å². The summed E-state index contributed by atoms with van der Waals surface area (Å²) in [6.45, 7) is -0.358. The number of carbonyl (C=O) groups is 1. The number of nitrogens with zero attached hydrogens (tertiary/aromatic N) is 3. The van der Waals surface area contributed by atoms with Crippen molar-refractivity contribution in [3.05, 3.63) is 54.4 Å². The molecule has 194 valence electrons. The average molecular weight is 505 g/mol. The van der Waals surface area contributed by atoms with Gasteiger partial charge in [-0.2, -0.15) is 5.10 Å². The monoisotopic (exact) mass is 504 g/mol. The molecule has 11 heteroatoms. The molecule has 0 bridgehead atoms. The highest BCUT2D eigenvalue weighted by atomic mass is 19.1. The van der Waals surface area contributed by atoms with Gasteiger partial charge in [-0.25, -0.2) is 8.78 Å². The van der Waals surface area contributed by atoms with Crippen LogP contribution in [0.2, 0.25) is 0 Å². The van der Waals surface area contributed by atoms with E-state index in [-0.39, 0.29) is 29.9 Å². The van der Waals surface area contributed by atoms with Crippen LogP contribution >= 0.6 is 0 Å². The summed E-state index contributed by atoms with van der Waals surface area (Å²) in [7, 11) is 0. The number of aromatic hydroxyl groups is 1. The number of carbonyl (C=O) groups excluding carboxylic acids is 1. The number of aliphatic hydroxyl groups is 2. The summed E-state index contributed by atoms with van der Waals surface area (Å²) in [6, 6.07) is 5.28. The smallest absolute Gasteiger partial charge is 0.248 e. The predicted molar refractivity (Wildman–Crippen MR) is 127 cm³/mol. The van der Waals surface area contributed by atoms with Gasteiger partial charge in [0.05, 0.1) is 25.5 Å². The first-order valence-electron chi connectivity index (χ1n) is 12.0. The second-order valence-corrected chi connectivity index (χ2v) is 9.10. The van der Waals surface area contributed by atoms with Crippen molar-refractivity contribution < 1.29 is 33.6 Å². The van der Waals surface area contributed by atoms with Crippen molar-refractivity contribution in [3.63, 3.8) is 0 Å². The van der Waals surface area contributed by atoms with Crippen LogP contribution in [-0.2, 0) is 11.3 Å². The van der Waals surface area contributed by atoms with Gasteiger partial charge in [0.15, 0.2) is 29.1 Å². The molecule has 0 spiro atoms. The van der Waals surface area contributed by atoms with Crippen molar-refractivity contribution in [2.45, 2.75) is 57.2 Å². The van der Waals surface area contributed by atoms with Crippen LogP contribution in [-0.4, -0.2) is 48.3 Å². The highest BCUT2D eigenvalue weighted by Crippen LogP contribution is 2.37. The van der Waals surface area contributed by atoms with Gasteiger partial charge in [-0.05, 0) is 24.5 Å². The molecule has 1 saturated carbocycles. The van der Waals surface area contributed by atoms with Crippen molar-refractivity contribution in [1.29, 1.82) is 0 Å². The molecule has 0 saturated heterocycles. The highest BCUT2D eigenvalue weighted by Gasteiger charge is 2.29. The fourth-order valence-corrected chi connectivity index (χ4v) is 4.54. The number of rotatable bonds is 10. The normalized spacial score (nSPS) is 16.0. The Morgan fingerprint density at radius 3 is 2.61 bits per heavy atom. The fourth-order valence-electron chi connectivity index (χ4n) is 4.54. The number of amides is 1. The Morgan fingerprint density at radius 2 is 1.92 bits per heavy atom. The third-order valence-corrected chi connectivity index (χ3v) is 6.36. The molecule has 2 aromatic heterocycles. The van der Waals surface area contributed by atoms with E-state index in [9.17, 15) is 23.8 Å². The zero-order valence-electron chi connectivity index (χ0n) is 19.7. The Labute approximate surface area is 206 Å². The number of hydrogen-bond donors (Lipinski definition) is 4. The van der Waals surface area contributed by atoms with E-state index in [1.807, 2.05) is 0 Å². The van der Waals surface area contributed by atoms with Gasteiger partial charge in [-0.1, -0.05) is 38.2 Å². The molecule has 36 heavy (non-hydrogen) atoms. The Balaban J connectivity index is 1.56. The van der Waals surface area contributed by atoms with Gasteiger partial charge in [-0.3, -0.25) is 9.48 Å². The zero-order valence-corrected chi connectivity index (χ0v) is 19.7. The van der Waals surface area contributed by atoms with Gasteiger partial charge in [0.25, 0.3) is 0 Å². The van der Waals surface area contributed by atoms with Crippen LogP contribution in [0.15, 0.2) is 42.7 Å². The van der Waals surface area contributed by atoms with Crippen molar-refractivity contribution in [3.8, 4) is 17.4 Å². The van der Waals surface area contributed by atoms with Crippen LogP contribution in [0.1, 0.15) is 44.6 Å². The van der Waals surface area contributed by atoms with Crippen LogP contribution in [0.3, 0.4) is 0 Å². The predicted octanol–water partition coefficient (Wildman–Crippen LogP) is 3.96. The molecule has 1 fully saturated rings. The maximum Gasteiger partial charge on any atom is 0.248 e. The number of nitrogens with one attached hydrogen (secondary N) is 1. The van der Waals surface area contributed by atoms with Crippen molar-refractivity contribution in [2.24, 2.45) is 5.92 Å². The minimum Gasteiger partial charge on any atom is -0.494 e. The number of aromatic nitrogens is 3. The molecule has 1 aromatic carbocycles. The lowest BCUT2D eigenvalue weighted by molar-refractivity contribution is -0.120. The highest BCUT2D eigenvalue weighted by molar-refractivity contribution is 5.93. The Bertz CT molecular complexity index is 1150. The third kappa shape index (κ3) is 6.21. The number of aliphatic hydroxyl groups excluding tert-OH is 2. The Morgan fingerprint density at radius 1 is 1.19 bits per heavy atom. The third-order valence-electron chi connectivity index (χ3n) is 6.36. The van der Waals surface area contributed by atoms with Crippen LogP contribution in [0, 0.1) is 17.6 Å². The second-order valence-electron chi connectivity index (χ2n) is 9.10. The molecular weight excluding hydrogens is 474 g/mol. The molecule has 3 aromatic rings. The molecule has 0 radical (unpaired) electrons. The van der Waals surface area contributed by atoms with E-state index in [0.29, 0.717) is 6.42 Å². The minimum atomic E-state index is -0.984. The number of hydrogen-bond acceptors (Lipinski definition) is 6. The van der Waals surface area contributed by atoms with E-state index in [1.165, 1.54) is 27.6 Å². The van der Waals surface area contributed by atoms with E-state index in [2.05, 4.69) is 10.4 Å². The molecule has 4 rings (SSSR count). The topological polar surface area (TPSA) is 122 Å². The first-order valence-corrected chi connectivity index (χ1v) is 12.0. The first kappa shape index (κ1) is 25.6. The standard InChI is InChI=1S/C25H30F2N4O5/c26-19-7-4-8-20(27)24(19)36-18-12-23(34)31(14-18)21(11-16-5-2-1-3-6-16)25(35)28-22-9-10-30(29-22)13-17(33)15-32/h4,7-10,12,14,16-17,21,32-34H,1-3,5-6,11,13,15H2,(H,28,29,35)/t17-,21+/m1/s1. The molecule has 0 aliphatic heterocycles. The van der Waals surface area contributed by atoms with Gasteiger partial charge in [0.1, 0.15) is 11.8 Å². The van der Waals surface area contributed by atoms with Gasteiger partial charge in [0, 0.05) is 18.3 Å². The summed E-state index contributed by atoms with van der Waals surface area (Å²) in [5.41, 5.74) is 0. The van der Waals surface area contributed by atoms with E-state index in [0.717, 1.165) is 44.2 Å². The van der Waals surface area contributed by atoms with Crippen molar-refractivity contribution >= 4 is 11.7 Å². The summed E-state index contributed by atoms with van der Waals surface area (Å²) in [4.78, 5) is 13.4. The maximum absolute atomic E-state index is 14.0.